The Hall–Kier alpha value is -1.47. The first kappa shape index (κ1) is 25.5. The normalized spacial score (nSPS) is 13.1. The number of hydrogen-bond donors (Lipinski definition) is 1. The third kappa shape index (κ3) is 12.5. The molecule has 0 rings (SSSR count). The highest BCUT2D eigenvalue weighted by Gasteiger charge is 2.24. The average Bonchev–Trinajstić information content (AvgIpc) is 2.58. The standard InChI is InChI=1S/C20H38N2O5/c1-16(15-23)14-18(25)22(7)11-9-19(2,3)27-13-10-20(4,5)26-12-8-17(24)21-6/h15-16H,8-14H2,1-7H3,(H,21,24). The molecule has 158 valence electrons. The summed E-state index contributed by atoms with van der Waals surface area (Å²) in [7, 11) is 3.36. The van der Waals surface area contributed by atoms with Crippen molar-refractivity contribution in [3.8, 4) is 0 Å². The van der Waals surface area contributed by atoms with Crippen LogP contribution in [0.5, 0.6) is 0 Å². The van der Waals surface area contributed by atoms with Crippen molar-refractivity contribution < 1.29 is 23.9 Å². The van der Waals surface area contributed by atoms with Gasteiger partial charge in [0.25, 0.3) is 0 Å². The highest BCUT2D eigenvalue weighted by Crippen LogP contribution is 2.20. The van der Waals surface area contributed by atoms with Gasteiger partial charge in [-0.2, -0.15) is 0 Å². The largest absolute Gasteiger partial charge is 0.375 e. The van der Waals surface area contributed by atoms with Crippen molar-refractivity contribution in [2.75, 3.05) is 33.9 Å². The summed E-state index contributed by atoms with van der Waals surface area (Å²) in [5, 5.41) is 2.57. The Labute approximate surface area is 164 Å². The van der Waals surface area contributed by atoms with Gasteiger partial charge in [-0.15, -0.1) is 0 Å². The second-order valence-electron chi connectivity index (χ2n) is 8.27. The summed E-state index contributed by atoms with van der Waals surface area (Å²) in [6.07, 6.45) is 2.79. The zero-order chi connectivity index (χ0) is 21.1. The molecule has 0 aliphatic rings. The first-order valence-corrected chi connectivity index (χ1v) is 9.60. The Balaban J connectivity index is 4.18. The molecule has 27 heavy (non-hydrogen) atoms. The summed E-state index contributed by atoms with van der Waals surface area (Å²) in [6.45, 7) is 11.2. The maximum absolute atomic E-state index is 12.0. The first-order chi connectivity index (χ1) is 12.4. The molecule has 0 saturated carbocycles. The lowest BCUT2D eigenvalue weighted by molar-refractivity contribution is -0.133. The molecular weight excluding hydrogens is 348 g/mol. The lowest BCUT2D eigenvalue weighted by Gasteiger charge is -2.31. The van der Waals surface area contributed by atoms with Crippen molar-refractivity contribution >= 4 is 18.1 Å². The molecular formula is C20H38N2O5. The number of hydrogen-bond acceptors (Lipinski definition) is 5. The van der Waals surface area contributed by atoms with Crippen molar-refractivity contribution in [3.63, 3.8) is 0 Å². The zero-order valence-corrected chi connectivity index (χ0v) is 18.1. The molecule has 0 heterocycles. The molecule has 7 nitrogen and oxygen atoms in total. The molecule has 1 N–H and O–H groups in total. The predicted octanol–water partition coefficient (Wildman–Crippen LogP) is 2.18. The highest BCUT2D eigenvalue weighted by molar-refractivity contribution is 5.78. The summed E-state index contributed by atoms with van der Waals surface area (Å²) in [6, 6.07) is 0. The van der Waals surface area contributed by atoms with Gasteiger partial charge in [-0.3, -0.25) is 9.59 Å². The van der Waals surface area contributed by atoms with Crippen LogP contribution >= 0.6 is 0 Å². The van der Waals surface area contributed by atoms with Crippen molar-refractivity contribution in [1.82, 2.24) is 10.2 Å². The maximum atomic E-state index is 12.0. The molecule has 0 aliphatic carbocycles. The van der Waals surface area contributed by atoms with E-state index in [4.69, 9.17) is 9.47 Å². The minimum Gasteiger partial charge on any atom is -0.375 e. The van der Waals surface area contributed by atoms with Crippen LogP contribution in [0.25, 0.3) is 0 Å². The van der Waals surface area contributed by atoms with Gasteiger partial charge in [-0.1, -0.05) is 6.92 Å². The molecule has 1 atom stereocenters. The molecule has 0 spiro atoms. The van der Waals surface area contributed by atoms with E-state index in [1.165, 1.54) is 0 Å². The van der Waals surface area contributed by atoms with Gasteiger partial charge in [-0.05, 0) is 40.5 Å². The summed E-state index contributed by atoms with van der Waals surface area (Å²) in [5.74, 6) is -0.324. The third-order valence-corrected chi connectivity index (χ3v) is 4.50. The Morgan fingerprint density at radius 2 is 1.63 bits per heavy atom. The van der Waals surface area contributed by atoms with Crippen LogP contribution in [0.3, 0.4) is 0 Å². The van der Waals surface area contributed by atoms with Gasteiger partial charge in [0.2, 0.25) is 11.8 Å². The van der Waals surface area contributed by atoms with Crippen molar-refractivity contribution in [1.29, 1.82) is 0 Å². The van der Waals surface area contributed by atoms with Crippen LogP contribution in [-0.4, -0.2) is 68.1 Å². The summed E-state index contributed by atoms with van der Waals surface area (Å²) >= 11 is 0. The number of carbonyl (C=O) groups is 3. The number of nitrogens with one attached hydrogen (secondary N) is 1. The number of nitrogens with zero attached hydrogens (tertiary/aromatic N) is 1. The van der Waals surface area contributed by atoms with Crippen LogP contribution in [0, 0.1) is 5.92 Å². The van der Waals surface area contributed by atoms with Crippen molar-refractivity contribution in [2.24, 2.45) is 5.92 Å². The highest BCUT2D eigenvalue weighted by atomic mass is 16.5. The smallest absolute Gasteiger partial charge is 0.223 e. The van der Waals surface area contributed by atoms with E-state index in [1.54, 1.807) is 25.9 Å². The molecule has 0 aromatic carbocycles. The number of carbonyl (C=O) groups excluding carboxylic acids is 3. The van der Waals surface area contributed by atoms with Crippen molar-refractivity contribution in [2.45, 2.75) is 71.5 Å². The molecule has 0 fully saturated rings. The van der Waals surface area contributed by atoms with Crippen LogP contribution in [0.4, 0.5) is 0 Å². The quantitative estimate of drug-likeness (QED) is 0.463. The van der Waals surface area contributed by atoms with Crippen LogP contribution in [0.2, 0.25) is 0 Å². The molecule has 0 aromatic heterocycles. The van der Waals surface area contributed by atoms with E-state index in [0.29, 0.717) is 39.0 Å². The van der Waals surface area contributed by atoms with Crippen LogP contribution in [-0.2, 0) is 23.9 Å². The van der Waals surface area contributed by atoms with E-state index >= 15 is 0 Å². The van der Waals surface area contributed by atoms with Gasteiger partial charge in [0, 0.05) is 39.4 Å². The fourth-order valence-corrected chi connectivity index (χ4v) is 2.30. The summed E-state index contributed by atoms with van der Waals surface area (Å²) in [5.41, 5.74) is -0.745. The Morgan fingerprint density at radius 3 is 2.19 bits per heavy atom. The number of rotatable bonds is 14. The van der Waals surface area contributed by atoms with E-state index in [1.807, 2.05) is 27.7 Å². The fourth-order valence-electron chi connectivity index (χ4n) is 2.30. The van der Waals surface area contributed by atoms with E-state index < -0.39 is 0 Å². The molecule has 0 radical (unpaired) electrons. The van der Waals surface area contributed by atoms with Gasteiger partial charge in [0.1, 0.15) is 6.29 Å². The van der Waals surface area contributed by atoms with Gasteiger partial charge in [-0.25, -0.2) is 0 Å². The van der Waals surface area contributed by atoms with Crippen LogP contribution in [0.1, 0.15) is 60.3 Å². The molecule has 0 saturated heterocycles. The van der Waals surface area contributed by atoms with Crippen LogP contribution in [0.15, 0.2) is 0 Å². The molecule has 0 bridgehead atoms. The third-order valence-electron chi connectivity index (χ3n) is 4.50. The summed E-state index contributed by atoms with van der Waals surface area (Å²) in [4.78, 5) is 35.6. The minimum absolute atomic E-state index is 0.0314. The maximum Gasteiger partial charge on any atom is 0.223 e. The Kier molecular flexibility index (Phi) is 11.4. The minimum atomic E-state index is -0.373. The summed E-state index contributed by atoms with van der Waals surface area (Å²) < 4.78 is 11.8. The van der Waals surface area contributed by atoms with Gasteiger partial charge >= 0.3 is 0 Å². The van der Waals surface area contributed by atoms with Gasteiger partial charge < -0.3 is 24.5 Å². The second kappa shape index (κ2) is 12.1. The fraction of sp³-hybridized carbons (Fsp3) is 0.850. The number of amides is 2. The molecule has 0 aliphatic heterocycles. The van der Waals surface area contributed by atoms with E-state index in [9.17, 15) is 14.4 Å². The van der Waals surface area contributed by atoms with Crippen LogP contribution < -0.4 is 5.32 Å². The first-order valence-electron chi connectivity index (χ1n) is 9.60. The van der Waals surface area contributed by atoms with Gasteiger partial charge in [0.05, 0.1) is 24.4 Å². The van der Waals surface area contributed by atoms with Gasteiger partial charge in [0.15, 0.2) is 0 Å². The zero-order valence-electron chi connectivity index (χ0n) is 18.1. The SMILES string of the molecule is CNC(=O)CCOC(C)(C)CCOC(C)(C)CCN(C)C(=O)CC(C)C=O. The van der Waals surface area contributed by atoms with E-state index in [-0.39, 0.29) is 35.4 Å². The van der Waals surface area contributed by atoms with E-state index in [0.717, 1.165) is 6.29 Å². The monoisotopic (exact) mass is 386 g/mol. The average molecular weight is 387 g/mol. The molecule has 2 amide bonds. The molecule has 1 unspecified atom stereocenters. The van der Waals surface area contributed by atoms with E-state index in [2.05, 4.69) is 5.32 Å². The van der Waals surface area contributed by atoms with Crippen molar-refractivity contribution in [3.05, 3.63) is 0 Å². The lowest BCUT2D eigenvalue weighted by atomic mass is 10.0. The molecule has 7 heteroatoms. The predicted molar refractivity (Wildman–Crippen MR) is 105 cm³/mol. The Bertz CT molecular complexity index is 477. The number of aldehydes is 1. The molecule has 0 aromatic rings. The Morgan fingerprint density at radius 1 is 1.07 bits per heavy atom. The number of ether oxygens (including phenoxy) is 2. The second-order valence-corrected chi connectivity index (χ2v) is 8.27. The topological polar surface area (TPSA) is 84.9 Å². The lowest BCUT2D eigenvalue weighted by Crippen LogP contribution is -2.36.